The molecule has 0 fully saturated rings. The molecule has 2 aromatic rings. The van der Waals surface area contributed by atoms with Crippen molar-refractivity contribution in [2.75, 3.05) is 0 Å². The number of hydrogen-bond donors (Lipinski definition) is 1. The van der Waals surface area contributed by atoms with E-state index in [9.17, 15) is 26.7 Å². The Labute approximate surface area is 126 Å². The Bertz CT molecular complexity index is 708. The molecule has 0 saturated heterocycles. The average Bonchev–Trinajstić information content (AvgIpc) is 2.45. The highest BCUT2D eigenvalue weighted by atomic mass is 19.4. The lowest BCUT2D eigenvalue weighted by molar-refractivity contribution is -0.137. The summed E-state index contributed by atoms with van der Waals surface area (Å²) in [6.07, 6.45) is -4.51. The van der Waals surface area contributed by atoms with E-state index in [1.54, 1.807) is 0 Å². The topological polar surface area (TPSA) is 46.5 Å². The van der Waals surface area contributed by atoms with E-state index in [4.69, 9.17) is 5.11 Å². The quantitative estimate of drug-likeness (QED) is 0.828. The van der Waals surface area contributed by atoms with Crippen molar-refractivity contribution in [2.45, 2.75) is 12.8 Å². The van der Waals surface area contributed by atoms with Crippen LogP contribution in [0.3, 0.4) is 0 Å². The fourth-order valence-electron chi connectivity index (χ4n) is 1.91. The number of aromatic carboxylic acids is 1. The molecule has 0 unspecified atom stereocenters. The molecule has 23 heavy (non-hydrogen) atoms. The zero-order chi connectivity index (χ0) is 17.2. The van der Waals surface area contributed by atoms with Crippen molar-refractivity contribution in [3.63, 3.8) is 0 Å². The average molecular weight is 332 g/mol. The minimum atomic E-state index is -4.51. The van der Waals surface area contributed by atoms with Crippen molar-refractivity contribution in [1.82, 2.24) is 0 Å². The van der Waals surface area contributed by atoms with Crippen molar-refractivity contribution in [1.29, 1.82) is 0 Å². The van der Waals surface area contributed by atoms with E-state index in [0.717, 1.165) is 42.5 Å². The van der Waals surface area contributed by atoms with Crippen LogP contribution in [0.15, 0.2) is 42.5 Å². The van der Waals surface area contributed by atoms with E-state index in [-0.39, 0.29) is 16.7 Å². The molecular weight excluding hydrogens is 323 g/mol. The first-order valence-corrected chi connectivity index (χ1v) is 6.17. The highest BCUT2D eigenvalue weighted by Gasteiger charge is 2.30. The van der Waals surface area contributed by atoms with Gasteiger partial charge in [0.15, 0.2) is 0 Å². The molecule has 2 rings (SSSR count). The molecule has 0 aromatic heterocycles. The zero-order valence-electron chi connectivity index (χ0n) is 11.3. The lowest BCUT2D eigenvalue weighted by Crippen LogP contribution is -2.05. The lowest BCUT2D eigenvalue weighted by atomic mass is 10.0. The van der Waals surface area contributed by atoms with Gasteiger partial charge in [-0.3, -0.25) is 0 Å². The third kappa shape index (κ3) is 4.18. The Kier molecular flexibility index (Phi) is 4.53. The van der Waals surface area contributed by atoms with E-state index in [1.165, 1.54) is 0 Å². The summed E-state index contributed by atoms with van der Waals surface area (Å²) in [6, 6.07) is 7.06. The van der Waals surface area contributed by atoms with E-state index in [2.05, 4.69) is 4.74 Å². The Morgan fingerprint density at radius 3 is 2.09 bits per heavy atom. The predicted octanol–water partition coefficient (Wildman–Crippen LogP) is 4.67. The van der Waals surface area contributed by atoms with Crippen LogP contribution in [0.25, 0.3) is 11.1 Å². The van der Waals surface area contributed by atoms with Gasteiger partial charge in [0.2, 0.25) is 0 Å². The highest BCUT2D eigenvalue weighted by Crippen LogP contribution is 2.32. The van der Waals surface area contributed by atoms with Gasteiger partial charge in [-0.15, -0.1) is 0 Å². The Morgan fingerprint density at radius 2 is 1.61 bits per heavy atom. The first kappa shape index (κ1) is 16.7. The number of ether oxygens (including phenoxy) is 1. The van der Waals surface area contributed by atoms with Crippen molar-refractivity contribution in [3.8, 4) is 16.9 Å². The van der Waals surface area contributed by atoms with Crippen molar-refractivity contribution < 1.29 is 36.6 Å². The van der Waals surface area contributed by atoms with Crippen LogP contribution in [0.5, 0.6) is 5.75 Å². The number of carboxylic acids is 1. The largest absolute Gasteiger partial charge is 0.478 e. The molecule has 0 radical (unpaired) electrons. The second kappa shape index (κ2) is 6.23. The smallest absolute Gasteiger partial charge is 0.416 e. The van der Waals surface area contributed by atoms with Crippen LogP contribution in [-0.2, 0) is 6.18 Å². The number of carbonyl (C=O) groups is 1. The molecule has 0 spiro atoms. The van der Waals surface area contributed by atoms with E-state index in [1.807, 2.05) is 0 Å². The first-order valence-electron chi connectivity index (χ1n) is 6.17. The summed E-state index contributed by atoms with van der Waals surface area (Å²) in [7, 11) is 0. The Balaban J connectivity index is 2.45. The normalized spacial score (nSPS) is 11.6. The van der Waals surface area contributed by atoms with E-state index >= 15 is 0 Å². The SMILES string of the molecule is O=C(O)c1cc(OC(F)F)cc(-c2ccc(C(F)(F)F)cc2)c1. The standard InChI is InChI=1S/C15H9F5O3/c16-14(17)23-12-6-9(5-10(7-12)13(21)22)8-1-3-11(4-2-8)15(18,19)20/h1-7,14H,(H,21,22). The minimum Gasteiger partial charge on any atom is -0.478 e. The monoisotopic (exact) mass is 332 g/mol. The second-order valence-corrected chi connectivity index (χ2v) is 4.50. The van der Waals surface area contributed by atoms with Gasteiger partial charge < -0.3 is 9.84 Å². The second-order valence-electron chi connectivity index (χ2n) is 4.50. The molecule has 1 N–H and O–H groups in total. The first-order chi connectivity index (χ1) is 10.7. The molecule has 122 valence electrons. The van der Waals surface area contributed by atoms with Gasteiger partial charge in [0, 0.05) is 0 Å². The molecule has 0 aliphatic heterocycles. The summed E-state index contributed by atoms with van der Waals surface area (Å²) in [4.78, 5) is 11.0. The molecule has 8 heteroatoms. The van der Waals surface area contributed by atoms with E-state index in [0.29, 0.717) is 0 Å². The molecule has 0 bridgehead atoms. The maximum Gasteiger partial charge on any atom is 0.416 e. The maximum atomic E-state index is 12.5. The Hall–Kier alpha value is -2.64. The molecule has 0 heterocycles. The summed E-state index contributed by atoms with van der Waals surface area (Å²) in [6.45, 7) is -3.15. The van der Waals surface area contributed by atoms with Crippen molar-refractivity contribution in [2.24, 2.45) is 0 Å². The van der Waals surface area contributed by atoms with Crippen molar-refractivity contribution in [3.05, 3.63) is 53.6 Å². The van der Waals surface area contributed by atoms with Gasteiger partial charge in [-0.1, -0.05) is 12.1 Å². The molecule has 0 aliphatic rings. The van der Waals surface area contributed by atoms with Gasteiger partial charge in [-0.25, -0.2) is 4.79 Å². The summed E-state index contributed by atoms with van der Waals surface area (Å²) in [5, 5.41) is 8.97. The maximum absolute atomic E-state index is 12.5. The number of hydrogen-bond acceptors (Lipinski definition) is 2. The number of alkyl halides is 5. The highest BCUT2D eigenvalue weighted by molar-refractivity contribution is 5.90. The molecular formula is C15H9F5O3. The van der Waals surface area contributed by atoms with Gasteiger partial charge in [-0.2, -0.15) is 22.0 Å². The van der Waals surface area contributed by atoms with Gasteiger partial charge in [0.05, 0.1) is 11.1 Å². The predicted molar refractivity (Wildman–Crippen MR) is 70.5 cm³/mol. The van der Waals surface area contributed by atoms with Crippen LogP contribution in [0, 0.1) is 0 Å². The molecule has 2 aromatic carbocycles. The third-order valence-electron chi connectivity index (χ3n) is 2.92. The van der Waals surface area contributed by atoms with Crippen LogP contribution in [0.2, 0.25) is 0 Å². The van der Waals surface area contributed by atoms with E-state index < -0.39 is 30.1 Å². The van der Waals surface area contributed by atoms with Gasteiger partial charge in [-0.05, 0) is 41.5 Å². The molecule has 0 aliphatic carbocycles. The van der Waals surface area contributed by atoms with Crippen molar-refractivity contribution >= 4 is 5.97 Å². The van der Waals surface area contributed by atoms with Crippen LogP contribution in [0.4, 0.5) is 22.0 Å². The van der Waals surface area contributed by atoms with Crippen LogP contribution in [0.1, 0.15) is 15.9 Å². The Morgan fingerprint density at radius 1 is 1.00 bits per heavy atom. The number of benzene rings is 2. The number of carboxylic acid groups (broad SMARTS) is 1. The molecule has 0 atom stereocenters. The van der Waals surface area contributed by atoms with Gasteiger partial charge in [0.25, 0.3) is 0 Å². The summed E-state index contributed by atoms with van der Waals surface area (Å²) in [5.41, 5.74) is -0.813. The van der Waals surface area contributed by atoms with Gasteiger partial charge in [0.1, 0.15) is 5.75 Å². The molecule has 0 amide bonds. The van der Waals surface area contributed by atoms with Crippen LogP contribution < -0.4 is 4.74 Å². The number of halogens is 5. The minimum absolute atomic E-state index is 0.147. The number of rotatable bonds is 4. The van der Waals surface area contributed by atoms with Crippen LogP contribution >= 0.6 is 0 Å². The third-order valence-corrected chi connectivity index (χ3v) is 2.92. The van der Waals surface area contributed by atoms with Gasteiger partial charge >= 0.3 is 18.8 Å². The lowest BCUT2D eigenvalue weighted by Gasteiger charge is -2.11. The summed E-state index contributed by atoms with van der Waals surface area (Å²) in [5.74, 6) is -1.77. The fraction of sp³-hybridized carbons (Fsp3) is 0.133. The van der Waals surface area contributed by atoms with Crippen LogP contribution in [-0.4, -0.2) is 17.7 Å². The summed E-state index contributed by atoms with van der Waals surface area (Å²) < 4.78 is 66.3. The summed E-state index contributed by atoms with van der Waals surface area (Å²) >= 11 is 0. The molecule has 3 nitrogen and oxygen atoms in total. The fourth-order valence-corrected chi connectivity index (χ4v) is 1.91. The zero-order valence-corrected chi connectivity index (χ0v) is 11.3. The molecule has 0 saturated carbocycles.